The fourth-order valence-electron chi connectivity index (χ4n) is 3.59. The van der Waals surface area contributed by atoms with E-state index in [-0.39, 0.29) is 23.8 Å². The van der Waals surface area contributed by atoms with Gasteiger partial charge in [-0.05, 0) is 24.3 Å². The fourth-order valence-corrected chi connectivity index (χ4v) is 4.54. The summed E-state index contributed by atoms with van der Waals surface area (Å²) in [5.41, 5.74) is 1.06. The molecule has 3 rings (SSSR count). The Morgan fingerprint density at radius 3 is 2.84 bits per heavy atom. The molecule has 0 aromatic heterocycles. The van der Waals surface area contributed by atoms with Crippen molar-refractivity contribution >= 4 is 23.6 Å². The van der Waals surface area contributed by atoms with Gasteiger partial charge in [-0.1, -0.05) is 37.3 Å². The maximum absolute atomic E-state index is 12.5. The molecule has 2 heterocycles. The van der Waals surface area contributed by atoms with E-state index in [0.717, 1.165) is 43.1 Å². The molecule has 2 saturated heterocycles. The van der Waals surface area contributed by atoms with E-state index in [0.29, 0.717) is 12.5 Å². The number of amides is 2. The summed E-state index contributed by atoms with van der Waals surface area (Å²) in [6.07, 6.45) is 1.59. The molecule has 5 nitrogen and oxygen atoms in total. The van der Waals surface area contributed by atoms with Crippen LogP contribution in [0.25, 0.3) is 0 Å². The normalized spacial score (nSPS) is 24.3. The number of nitrogens with zero attached hydrogens (tertiary/aromatic N) is 1. The second-order valence-electron chi connectivity index (χ2n) is 6.82. The predicted octanol–water partition coefficient (Wildman–Crippen LogP) is 1.81. The van der Waals surface area contributed by atoms with Gasteiger partial charge in [0.05, 0.1) is 17.8 Å². The molecule has 0 bridgehead atoms. The van der Waals surface area contributed by atoms with Crippen LogP contribution in [0.3, 0.4) is 0 Å². The molecule has 1 aromatic rings. The monoisotopic (exact) mass is 361 g/mol. The minimum atomic E-state index is -0.102. The van der Waals surface area contributed by atoms with Crippen LogP contribution in [0.1, 0.15) is 31.2 Å². The van der Waals surface area contributed by atoms with Crippen LogP contribution in [0.4, 0.5) is 0 Å². The molecule has 2 aliphatic heterocycles. The van der Waals surface area contributed by atoms with E-state index in [1.807, 2.05) is 53.9 Å². The minimum Gasteiger partial charge on any atom is -0.355 e. The molecular weight excluding hydrogens is 334 g/mol. The highest BCUT2D eigenvalue weighted by Crippen LogP contribution is 2.22. The van der Waals surface area contributed by atoms with E-state index in [1.54, 1.807) is 0 Å². The second-order valence-corrected chi connectivity index (χ2v) is 7.89. The molecule has 2 fully saturated rings. The van der Waals surface area contributed by atoms with Gasteiger partial charge in [0.1, 0.15) is 0 Å². The first-order valence-electron chi connectivity index (χ1n) is 9.11. The molecule has 25 heavy (non-hydrogen) atoms. The Morgan fingerprint density at radius 1 is 1.36 bits per heavy atom. The maximum atomic E-state index is 12.5. The van der Waals surface area contributed by atoms with Crippen LogP contribution in [-0.4, -0.2) is 54.0 Å². The van der Waals surface area contributed by atoms with Crippen molar-refractivity contribution in [2.75, 3.05) is 31.3 Å². The molecule has 2 unspecified atom stereocenters. The summed E-state index contributed by atoms with van der Waals surface area (Å²) < 4.78 is 0. The van der Waals surface area contributed by atoms with E-state index in [2.05, 4.69) is 10.6 Å². The van der Waals surface area contributed by atoms with Crippen molar-refractivity contribution in [3.05, 3.63) is 35.9 Å². The van der Waals surface area contributed by atoms with Gasteiger partial charge in [-0.2, -0.15) is 0 Å². The van der Waals surface area contributed by atoms with Crippen molar-refractivity contribution < 1.29 is 9.59 Å². The molecule has 6 heteroatoms. The Morgan fingerprint density at radius 2 is 2.16 bits per heavy atom. The second kappa shape index (κ2) is 8.72. The largest absolute Gasteiger partial charge is 0.355 e. The van der Waals surface area contributed by atoms with Crippen LogP contribution < -0.4 is 10.6 Å². The lowest BCUT2D eigenvalue weighted by Crippen LogP contribution is -2.42. The molecule has 0 spiro atoms. The van der Waals surface area contributed by atoms with E-state index in [1.165, 1.54) is 0 Å². The molecule has 0 radical (unpaired) electrons. The molecule has 0 saturated carbocycles. The number of hydrogen-bond donors (Lipinski definition) is 2. The molecular formula is C19H27N3O2S. The fraction of sp³-hybridized carbons (Fsp3) is 0.579. The van der Waals surface area contributed by atoms with Crippen molar-refractivity contribution in [1.82, 2.24) is 15.5 Å². The highest BCUT2D eigenvalue weighted by molar-refractivity contribution is 7.99. The Labute approximate surface area is 153 Å². The molecule has 136 valence electrons. The summed E-state index contributed by atoms with van der Waals surface area (Å²) in [6, 6.07) is 9.84. The standard InChI is InChI=1S/C19H27N3O2S/c1-2-16(15-6-4-3-5-7-15)18(23)21-12-14-10-17(20-11-14)19(24)22-8-9-25-13-22/h3-7,14,16-17,20H,2,8-13H2,1H3,(H,21,23)/t14?,16-,17?/m0/s1. The summed E-state index contributed by atoms with van der Waals surface area (Å²) in [5.74, 6) is 2.37. The topological polar surface area (TPSA) is 61.4 Å². The lowest BCUT2D eigenvalue weighted by Gasteiger charge is -2.19. The van der Waals surface area contributed by atoms with Crippen LogP contribution in [0.15, 0.2) is 30.3 Å². The first-order chi connectivity index (χ1) is 12.2. The highest BCUT2D eigenvalue weighted by atomic mass is 32.2. The molecule has 0 aliphatic carbocycles. The number of carbonyl (C=O) groups is 2. The number of rotatable bonds is 6. The van der Waals surface area contributed by atoms with Gasteiger partial charge in [0.25, 0.3) is 0 Å². The van der Waals surface area contributed by atoms with Crippen LogP contribution in [0, 0.1) is 5.92 Å². The number of carbonyl (C=O) groups excluding carboxylic acids is 2. The quantitative estimate of drug-likeness (QED) is 0.811. The third-order valence-electron chi connectivity index (χ3n) is 5.08. The third kappa shape index (κ3) is 4.55. The summed E-state index contributed by atoms with van der Waals surface area (Å²) >= 11 is 1.81. The smallest absolute Gasteiger partial charge is 0.240 e. The SMILES string of the molecule is CC[C@H](C(=O)NCC1CNC(C(=O)N2CCSC2)C1)c1ccccc1. The first-order valence-corrected chi connectivity index (χ1v) is 10.3. The molecule has 1 aromatic carbocycles. The Kier molecular flexibility index (Phi) is 6.37. The van der Waals surface area contributed by atoms with Crippen molar-refractivity contribution in [1.29, 1.82) is 0 Å². The number of hydrogen-bond acceptors (Lipinski definition) is 4. The molecule has 3 atom stereocenters. The van der Waals surface area contributed by atoms with Gasteiger partial charge in [0.2, 0.25) is 11.8 Å². The Bertz CT molecular complexity index is 590. The van der Waals surface area contributed by atoms with Crippen LogP contribution in [0.2, 0.25) is 0 Å². The maximum Gasteiger partial charge on any atom is 0.240 e. The minimum absolute atomic E-state index is 0.0828. The predicted molar refractivity (Wildman–Crippen MR) is 101 cm³/mol. The molecule has 2 amide bonds. The summed E-state index contributed by atoms with van der Waals surface area (Å²) in [7, 11) is 0. The van der Waals surface area contributed by atoms with E-state index in [4.69, 9.17) is 0 Å². The van der Waals surface area contributed by atoms with Gasteiger partial charge in [-0.3, -0.25) is 9.59 Å². The van der Waals surface area contributed by atoms with Crippen molar-refractivity contribution in [2.45, 2.75) is 31.7 Å². The number of nitrogens with one attached hydrogen (secondary N) is 2. The van der Waals surface area contributed by atoms with E-state index < -0.39 is 0 Å². The Hall–Kier alpha value is -1.53. The lowest BCUT2D eigenvalue weighted by atomic mass is 9.95. The van der Waals surface area contributed by atoms with Gasteiger partial charge < -0.3 is 15.5 Å². The van der Waals surface area contributed by atoms with Gasteiger partial charge in [-0.25, -0.2) is 0 Å². The highest BCUT2D eigenvalue weighted by Gasteiger charge is 2.33. The van der Waals surface area contributed by atoms with Crippen LogP contribution in [0.5, 0.6) is 0 Å². The molecule has 2 aliphatic rings. The van der Waals surface area contributed by atoms with Crippen molar-refractivity contribution in [3.8, 4) is 0 Å². The van der Waals surface area contributed by atoms with Gasteiger partial charge in [0, 0.05) is 25.4 Å². The van der Waals surface area contributed by atoms with Crippen molar-refractivity contribution in [3.63, 3.8) is 0 Å². The summed E-state index contributed by atoms with van der Waals surface area (Å²) in [5, 5.41) is 6.43. The summed E-state index contributed by atoms with van der Waals surface area (Å²) in [4.78, 5) is 26.9. The zero-order valence-corrected chi connectivity index (χ0v) is 15.6. The van der Waals surface area contributed by atoms with Gasteiger partial charge in [0.15, 0.2) is 0 Å². The Balaban J connectivity index is 1.47. The third-order valence-corrected chi connectivity index (χ3v) is 6.04. The van der Waals surface area contributed by atoms with Crippen LogP contribution in [-0.2, 0) is 9.59 Å². The zero-order valence-electron chi connectivity index (χ0n) is 14.7. The summed E-state index contributed by atoms with van der Waals surface area (Å²) in [6.45, 7) is 4.32. The number of thioether (sulfide) groups is 1. The average molecular weight is 362 g/mol. The van der Waals surface area contributed by atoms with Crippen molar-refractivity contribution in [2.24, 2.45) is 5.92 Å². The lowest BCUT2D eigenvalue weighted by molar-refractivity contribution is -0.131. The molecule has 2 N–H and O–H groups in total. The first kappa shape index (κ1) is 18.3. The van der Waals surface area contributed by atoms with Crippen LogP contribution >= 0.6 is 11.8 Å². The van der Waals surface area contributed by atoms with E-state index in [9.17, 15) is 9.59 Å². The van der Waals surface area contributed by atoms with Gasteiger partial charge in [-0.15, -0.1) is 11.8 Å². The van der Waals surface area contributed by atoms with E-state index >= 15 is 0 Å². The zero-order chi connectivity index (χ0) is 17.6. The average Bonchev–Trinajstić information content (AvgIpc) is 3.33. The number of benzene rings is 1. The van der Waals surface area contributed by atoms with Gasteiger partial charge >= 0.3 is 0 Å².